The molecule has 0 spiro atoms. The van der Waals surface area contributed by atoms with Gasteiger partial charge >= 0.3 is 5.97 Å². The maximum absolute atomic E-state index is 12.5. The summed E-state index contributed by atoms with van der Waals surface area (Å²) in [5.74, 6) is -1.19. The molecule has 0 bridgehead atoms. The van der Waals surface area contributed by atoms with Gasteiger partial charge < -0.3 is 14.5 Å². The third-order valence-electron chi connectivity index (χ3n) is 4.46. The molecule has 3 rings (SSSR count). The Hall–Kier alpha value is -3.67. The normalized spacial score (nSPS) is 11.6. The largest absolute Gasteiger partial charge is 0.459 e. The van der Waals surface area contributed by atoms with Crippen LogP contribution in [0.15, 0.2) is 65.3 Å². The topological polar surface area (TPSA) is 85.6 Å². The number of carbonyl (C=O) groups excluding carboxylic acids is 3. The van der Waals surface area contributed by atoms with E-state index in [9.17, 15) is 14.4 Å². The van der Waals surface area contributed by atoms with E-state index >= 15 is 0 Å². The Bertz CT molecular complexity index is 1040. The Labute approximate surface area is 168 Å². The number of ketones is 1. The summed E-state index contributed by atoms with van der Waals surface area (Å²) in [7, 11) is 0. The lowest BCUT2D eigenvalue weighted by Gasteiger charge is -2.14. The molecule has 1 amide bonds. The van der Waals surface area contributed by atoms with E-state index in [4.69, 9.17) is 9.15 Å². The van der Waals surface area contributed by atoms with E-state index in [0.717, 1.165) is 11.1 Å². The summed E-state index contributed by atoms with van der Waals surface area (Å²) >= 11 is 0. The van der Waals surface area contributed by atoms with Crippen LogP contribution in [-0.2, 0) is 4.74 Å². The molecule has 6 heteroatoms. The Morgan fingerprint density at radius 1 is 0.966 bits per heavy atom. The molecule has 148 valence electrons. The number of anilines is 1. The van der Waals surface area contributed by atoms with E-state index in [-0.39, 0.29) is 17.1 Å². The van der Waals surface area contributed by atoms with Crippen molar-refractivity contribution in [2.75, 3.05) is 5.32 Å². The molecule has 29 heavy (non-hydrogen) atoms. The van der Waals surface area contributed by atoms with Crippen molar-refractivity contribution in [2.24, 2.45) is 0 Å². The second kappa shape index (κ2) is 8.56. The average molecular weight is 391 g/mol. The van der Waals surface area contributed by atoms with Gasteiger partial charge in [0.25, 0.3) is 5.91 Å². The molecule has 3 aromatic rings. The predicted molar refractivity (Wildman–Crippen MR) is 108 cm³/mol. The van der Waals surface area contributed by atoms with Crippen molar-refractivity contribution in [1.29, 1.82) is 0 Å². The first kappa shape index (κ1) is 20.1. The van der Waals surface area contributed by atoms with Crippen molar-refractivity contribution < 1.29 is 23.5 Å². The summed E-state index contributed by atoms with van der Waals surface area (Å²) in [6.45, 7) is 5.27. The highest BCUT2D eigenvalue weighted by atomic mass is 16.5. The van der Waals surface area contributed by atoms with Crippen LogP contribution in [0.2, 0.25) is 0 Å². The number of esters is 1. The van der Waals surface area contributed by atoms with Gasteiger partial charge in [-0.1, -0.05) is 35.9 Å². The molecule has 1 atom stereocenters. The van der Waals surface area contributed by atoms with Crippen LogP contribution in [0, 0.1) is 13.8 Å². The van der Waals surface area contributed by atoms with E-state index in [2.05, 4.69) is 5.32 Å². The van der Waals surface area contributed by atoms with Crippen LogP contribution in [0.25, 0.3) is 0 Å². The number of rotatable bonds is 6. The third-order valence-corrected chi connectivity index (χ3v) is 4.46. The molecular weight excluding hydrogens is 370 g/mol. The molecule has 1 heterocycles. The Morgan fingerprint density at radius 3 is 2.31 bits per heavy atom. The zero-order valence-corrected chi connectivity index (χ0v) is 16.4. The number of ether oxygens (including phenoxy) is 1. The number of carbonyl (C=O) groups is 3. The molecule has 0 aliphatic rings. The van der Waals surface area contributed by atoms with E-state index in [1.54, 1.807) is 43.3 Å². The van der Waals surface area contributed by atoms with Crippen LogP contribution in [0.1, 0.15) is 49.3 Å². The number of hydrogen-bond donors (Lipinski definition) is 1. The quantitative estimate of drug-likeness (QED) is 0.491. The van der Waals surface area contributed by atoms with Gasteiger partial charge in [-0.15, -0.1) is 0 Å². The van der Waals surface area contributed by atoms with Gasteiger partial charge in [0.2, 0.25) is 5.78 Å². The average Bonchev–Trinajstić information content (AvgIpc) is 3.24. The molecule has 1 aromatic heterocycles. The van der Waals surface area contributed by atoms with Gasteiger partial charge in [-0.05, 0) is 50.6 Å². The van der Waals surface area contributed by atoms with Crippen molar-refractivity contribution in [3.63, 3.8) is 0 Å². The molecule has 0 aliphatic carbocycles. The number of nitrogens with one attached hydrogen (secondary N) is 1. The number of Topliss-reactive ketones (excluding diaryl/α,β-unsaturated/α-hetero) is 1. The van der Waals surface area contributed by atoms with Crippen molar-refractivity contribution in [3.05, 3.63) is 88.9 Å². The number of hydrogen-bond acceptors (Lipinski definition) is 5. The smallest absolute Gasteiger partial charge is 0.338 e. The number of aryl methyl sites for hydroxylation is 2. The SMILES string of the molecule is Cc1ccc(C(=O)C(C)OC(=O)c2ccc(C)c(NC(=O)c3ccco3)c2)cc1. The fraction of sp³-hybridized carbons (Fsp3) is 0.174. The van der Waals surface area contributed by atoms with Gasteiger partial charge in [0.05, 0.1) is 11.8 Å². The molecule has 0 radical (unpaired) electrons. The van der Waals surface area contributed by atoms with Crippen molar-refractivity contribution in [2.45, 2.75) is 26.9 Å². The Kier molecular flexibility index (Phi) is 5.93. The lowest BCUT2D eigenvalue weighted by Crippen LogP contribution is -2.24. The minimum Gasteiger partial charge on any atom is -0.459 e. The fourth-order valence-corrected chi connectivity index (χ4v) is 2.71. The lowest BCUT2D eigenvalue weighted by molar-refractivity contribution is 0.0319. The molecule has 0 saturated carbocycles. The maximum Gasteiger partial charge on any atom is 0.338 e. The van der Waals surface area contributed by atoms with Gasteiger partial charge in [-0.25, -0.2) is 4.79 Å². The monoisotopic (exact) mass is 391 g/mol. The first-order valence-corrected chi connectivity index (χ1v) is 9.12. The molecule has 0 fully saturated rings. The van der Waals surface area contributed by atoms with Crippen LogP contribution in [-0.4, -0.2) is 23.8 Å². The molecular formula is C23H21NO5. The van der Waals surface area contributed by atoms with E-state index in [0.29, 0.717) is 11.3 Å². The van der Waals surface area contributed by atoms with E-state index < -0.39 is 18.0 Å². The Morgan fingerprint density at radius 2 is 1.66 bits per heavy atom. The van der Waals surface area contributed by atoms with Crippen LogP contribution >= 0.6 is 0 Å². The van der Waals surface area contributed by atoms with Gasteiger partial charge in [0.1, 0.15) is 0 Å². The van der Waals surface area contributed by atoms with Gasteiger partial charge in [-0.3, -0.25) is 9.59 Å². The first-order valence-electron chi connectivity index (χ1n) is 9.12. The van der Waals surface area contributed by atoms with Crippen LogP contribution < -0.4 is 5.32 Å². The van der Waals surface area contributed by atoms with Gasteiger partial charge in [0, 0.05) is 11.3 Å². The summed E-state index contributed by atoms with van der Waals surface area (Å²) in [6, 6.07) is 15.0. The lowest BCUT2D eigenvalue weighted by atomic mass is 10.1. The molecule has 2 aromatic carbocycles. The van der Waals surface area contributed by atoms with Gasteiger partial charge in [0.15, 0.2) is 11.9 Å². The van der Waals surface area contributed by atoms with Crippen molar-refractivity contribution >= 4 is 23.3 Å². The minimum absolute atomic E-state index is 0.162. The van der Waals surface area contributed by atoms with Crippen molar-refractivity contribution in [1.82, 2.24) is 0 Å². The molecule has 6 nitrogen and oxygen atoms in total. The molecule has 0 saturated heterocycles. The highest BCUT2D eigenvalue weighted by molar-refractivity contribution is 6.04. The summed E-state index contributed by atoms with van der Waals surface area (Å²) in [5.41, 5.74) is 2.97. The summed E-state index contributed by atoms with van der Waals surface area (Å²) in [6.07, 6.45) is 0.467. The van der Waals surface area contributed by atoms with Crippen LogP contribution in [0.3, 0.4) is 0 Å². The zero-order chi connectivity index (χ0) is 21.0. The summed E-state index contributed by atoms with van der Waals surface area (Å²) in [5, 5.41) is 2.71. The van der Waals surface area contributed by atoms with Gasteiger partial charge in [-0.2, -0.15) is 0 Å². The fourth-order valence-electron chi connectivity index (χ4n) is 2.71. The number of amides is 1. The predicted octanol–water partition coefficient (Wildman–Crippen LogP) is 4.58. The zero-order valence-electron chi connectivity index (χ0n) is 16.4. The first-order chi connectivity index (χ1) is 13.8. The molecule has 0 aliphatic heterocycles. The van der Waals surface area contributed by atoms with Crippen LogP contribution in [0.5, 0.6) is 0 Å². The third kappa shape index (κ3) is 4.79. The van der Waals surface area contributed by atoms with E-state index in [1.807, 2.05) is 19.1 Å². The van der Waals surface area contributed by atoms with Crippen molar-refractivity contribution in [3.8, 4) is 0 Å². The number of benzene rings is 2. The minimum atomic E-state index is -0.937. The number of furan rings is 1. The molecule has 1 N–H and O–H groups in total. The van der Waals surface area contributed by atoms with E-state index in [1.165, 1.54) is 19.3 Å². The highest BCUT2D eigenvalue weighted by Gasteiger charge is 2.21. The Balaban J connectivity index is 1.71. The second-order valence-electron chi connectivity index (χ2n) is 6.74. The summed E-state index contributed by atoms with van der Waals surface area (Å²) in [4.78, 5) is 37.2. The highest BCUT2D eigenvalue weighted by Crippen LogP contribution is 2.20. The summed E-state index contributed by atoms with van der Waals surface area (Å²) < 4.78 is 10.4. The maximum atomic E-state index is 12.5. The second-order valence-corrected chi connectivity index (χ2v) is 6.74. The molecule has 1 unspecified atom stereocenters. The van der Waals surface area contributed by atoms with Crippen LogP contribution in [0.4, 0.5) is 5.69 Å². The standard InChI is InChI=1S/C23H21NO5/c1-14-6-9-17(10-7-14)21(25)16(3)29-23(27)18-11-8-15(2)19(13-18)24-22(26)20-5-4-12-28-20/h4-13,16H,1-3H3,(H,24,26).